The van der Waals surface area contributed by atoms with Crippen molar-refractivity contribution < 1.29 is 89.4 Å². The summed E-state index contributed by atoms with van der Waals surface area (Å²) >= 11 is 0. The summed E-state index contributed by atoms with van der Waals surface area (Å²) in [6, 6.07) is -0.892. The Kier molecular flexibility index (Phi) is 39.0. The summed E-state index contributed by atoms with van der Waals surface area (Å²) in [7, 11) is 0. The van der Waals surface area contributed by atoms with Crippen LogP contribution in [0.4, 0.5) is 0 Å². The summed E-state index contributed by atoms with van der Waals surface area (Å²) in [5.74, 6) is -0.254. The topological polar surface area (TPSA) is 307 Å². The van der Waals surface area contributed by atoms with Crippen LogP contribution in [0.2, 0.25) is 0 Å². The Morgan fingerprint density at radius 3 is 1.37 bits per heavy atom. The smallest absolute Gasteiger partial charge is 0.220 e. The molecule has 0 saturated carbocycles. The largest absolute Gasteiger partial charge is 0.394 e. The second-order valence-corrected chi connectivity index (χ2v) is 21.8. The molecule has 0 aromatic rings. The number of nitrogens with one attached hydrogen (secondary N) is 1. The van der Waals surface area contributed by atoms with Crippen LogP contribution in [0.25, 0.3) is 0 Å². The van der Waals surface area contributed by atoms with Crippen molar-refractivity contribution in [1.29, 1.82) is 0 Å². The van der Waals surface area contributed by atoms with Crippen LogP contribution in [0.15, 0.2) is 48.6 Å². The summed E-state index contributed by atoms with van der Waals surface area (Å²) < 4.78 is 34.3. The molecule has 79 heavy (non-hydrogen) atoms. The fourth-order valence-corrected chi connectivity index (χ4v) is 10.2. The standard InChI is InChI=1S/C60H107NO18/c1-3-5-7-9-11-13-15-17-18-19-20-21-22-23-24-26-28-30-32-34-36-38-48(66)61-43(44(65)37-35-33-31-29-27-25-16-14-12-10-8-6-4-2)42-74-58-54(72)51(69)56(46(40-63)76-58)79-60-55(73)52(70)57(47(41-64)77-60)78-59-53(71)50(68)49(67)45(39-62)75-59/h5,7,11,13,17-18,20-21,43-47,49-60,62-65,67-73H,3-4,6,8-10,12,14-16,19,22-42H2,1-2H3,(H,61,66)/b7-5-,13-11-,18-17-,21-20-. The van der Waals surface area contributed by atoms with Crippen LogP contribution in [0.1, 0.15) is 194 Å². The maximum absolute atomic E-state index is 13.3. The molecule has 1 amide bonds. The Labute approximate surface area is 472 Å². The third-order valence-corrected chi connectivity index (χ3v) is 15.2. The molecule has 17 unspecified atom stereocenters. The van der Waals surface area contributed by atoms with Gasteiger partial charge in [0.15, 0.2) is 18.9 Å². The number of carbonyl (C=O) groups is 1. The van der Waals surface area contributed by atoms with E-state index in [1.807, 2.05) is 0 Å². The molecule has 19 heteroatoms. The van der Waals surface area contributed by atoms with Crippen molar-refractivity contribution in [2.45, 2.75) is 298 Å². The Hall–Kier alpha value is -2.25. The van der Waals surface area contributed by atoms with Crippen molar-refractivity contribution in [3.8, 4) is 0 Å². The van der Waals surface area contributed by atoms with Crippen molar-refractivity contribution in [1.82, 2.24) is 5.32 Å². The Balaban J connectivity index is 1.48. The molecule has 0 aliphatic carbocycles. The lowest BCUT2D eigenvalue weighted by atomic mass is 9.96. The maximum Gasteiger partial charge on any atom is 0.220 e. The van der Waals surface area contributed by atoms with Crippen LogP contribution >= 0.6 is 0 Å². The molecule has 0 aromatic heterocycles. The van der Waals surface area contributed by atoms with Gasteiger partial charge >= 0.3 is 0 Å². The third-order valence-electron chi connectivity index (χ3n) is 15.2. The molecular weight excluding hydrogens is 1020 g/mol. The average Bonchev–Trinajstić information content (AvgIpc) is 3.45. The Bertz CT molecular complexity index is 1630. The third kappa shape index (κ3) is 27.3. The number of amides is 1. The second kappa shape index (κ2) is 43.4. The van der Waals surface area contributed by atoms with Gasteiger partial charge in [0, 0.05) is 6.42 Å². The Morgan fingerprint density at radius 1 is 0.468 bits per heavy atom. The van der Waals surface area contributed by atoms with Gasteiger partial charge < -0.3 is 89.9 Å². The van der Waals surface area contributed by atoms with Gasteiger partial charge in [-0.3, -0.25) is 4.79 Å². The molecule has 19 nitrogen and oxygen atoms in total. The number of carbonyl (C=O) groups excluding carboxylic acids is 1. The molecule has 460 valence electrons. The molecule has 3 aliphatic heterocycles. The van der Waals surface area contributed by atoms with Gasteiger partial charge in [0.2, 0.25) is 5.91 Å². The van der Waals surface area contributed by atoms with Gasteiger partial charge in [-0.15, -0.1) is 0 Å². The lowest BCUT2D eigenvalue weighted by Gasteiger charge is -2.48. The summed E-state index contributed by atoms with van der Waals surface area (Å²) in [6.07, 6.45) is 20.5. The Morgan fingerprint density at radius 2 is 0.873 bits per heavy atom. The van der Waals surface area contributed by atoms with E-state index in [0.717, 1.165) is 83.5 Å². The molecule has 3 saturated heterocycles. The lowest BCUT2D eigenvalue weighted by Crippen LogP contribution is -2.66. The van der Waals surface area contributed by atoms with Crippen LogP contribution in [-0.4, -0.2) is 193 Å². The number of hydrogen-bond donors (Lipinski definition) is 12. The van der Waals surface area contributed by atoms with Crippen molar-refractivity contribution in [2.24, 2.45) is 0 Å². The average molecular weight is 1130 g/mol. The lowest BCUT2D eigenvalue weighted by molar-refractivity contribution is -0.379. The van der Waals surface area contributed by atoms with E-state index >= 15 is 0 Å². The van der Waals surface area contributed by atoms with Crippen LogP contribution in [-0.2, 0) is 33.2 Å². The number of allylic oxidation sites excluding steroid dienone is 8. The first kappa shape index (κ1) is 71.0. The summed E-state index contributed by atoms with van der Waals surface area (Å²) in [5.41, 5.74) is 0. The number of aliphatic hydroxyl groups excluding tert-OH is 11. The molecule has 12 N–H and O–H groups in total. The number of aliphatic hydroxyl groups is 11. The van der Waals surface area contributed by atoms with Gasteiger partial charge in [0.05, 0.1) is 38.6 Å². The number of rotatable bonds is 44. The first-order chi connectivity index (χ1) is 38.3. The zero-order valence-corrected chi connectivity index (χ0v) is 47.8. The van der Waals surface area contributed by atoms with E-state index in [-0.39, 0.29) is 18.9 Å². The monoisotopic (exact) mass is 1130 g/mol. The summed E-state index contributed by atoms with van der Waals surface area (Å²) in [4.78, 5) is 13.3. The van der Waals surface area contributed by atoms with Crippen molar-refractivity contribution in [3.05, 3.63) is 48.6 Å². The first-order valence-electron chi connectivity index (χ1n) is 30.4. The van der Waals surface area contributed by atoms with E-state index in [9.17, 15) is 61.0 Å². The zero-order chi connectivity index (χ0) is 57.6. The van der Waals surface area contributed by atoms with E-state index in [4.69, 9.17) is 28.4 Å². The van der Waals surface area contributed by atoms with Gasteiger partial charge in [-0.05, 0) is 51.4 Å². The highest BCUT2D eigenvalue weighted by molar-refractivity contribution is 5.76. The van der Waals surface area contributed by atoms with Gasteiger partial charge in [0.1, 0.15) is 73.2 Å². The molecule has 3 aliphatic rings. The molecule has 17 atom stereocenters. The first-order valence-corrected chi connectivity index (χ1v) is 30.4. The second-order valence-electron chi connectivity index (χ2n) is 21.8. The van der Waals surface area contributed by atoms with E-state index in [1.165, 1.54) is 77.0 Å². The fraction of sp³-hybridized carbons (Fsp3) is 0.850. The highest BCUT2D eigenvalue weighted by atomic mass is 16.8. The molecule has 3 rings (SSSR count). The number of unbranched alkanes of at least 4 members (excludes halogenated alkanes) is 20. The van der Waals surface area contributed by atoms with Crippen LogP contribution in [0, 0.1) is 0 Å². The predicted octanol–water partition coefficient (Wildman–Crippen LogP) is 5.48. The number of hydrogen-bond acceptors (Lipinski definition) is 18. The highest BCUT2D eigenvalue weighted by Gasteiger charge is 2.53. The minimum atomic E-state index is -1.97. The molecule has 0 aromatic carbocycles. The van der Waals surface area contributed by atoms with Crippen LogP contribution in [0.5, 0.6) is 0 Å². The molecule has 0 radical (unpaired) electrons. The molecular formula is C60H107NO18. The van der Waals surface area contributed by atoms with Gasteiger partial charge in [0.25, 0.3) is 0 Å². The predicted molar refractivity (Wildman–Crippen MR) is 300 cm³/mol. The quantitative estimate of drug-likeness (QED) is 0.0265. The van der Waals surface area contributed by atoms with Crippen LogP contribution in [0.3, 0.4) is 0 Å². The fourth-order valence-electron chi connectivity index (χ4n) is 10.2. The SMILES string of the molecule is CC/C=C\C/C=C\C/C=C\C/C=C\CCCCCCCCCCC(=O)NC(COC1OC(CO)C(OC2OC(CO)C(OC3OC(CO)C(O)C(O)C3O)C(O)C2O)C(O)C1O)C(O)CCCCCCCCCCCCCCC. The van der Waals surface area contributed by atoms with E-state index in [1.54, 1.807) is 0 Å². The van der Waals surface area contributed by atoms with Gasteiger partial charge in [-0.1, -0.05) is 184 Å². The molecule has 3 fully saturated rings. The molecule has 3 heterocycles. The molecule has 0 spiro atoms. The summed E-state index contributed by atoms with van der Waals surface area (Å²) in [5, 5.41) is 120. The highest BCUT2D eigenvalue weighted by Crippen LogP contribution is 2.33. The van der Waals surface area contributed by atoms with Gasteiger partial charge in [-0.2, -0.15) is 0 Å². The van der Waals surface area contributed by atoms with E-state index in [2.05, 4.69) is 67.8 Å². The maximum atomic E-state index is 13.3. The van der Waals surface area contributed by atoms with E-state index in [0.29, 0.717) is 12.8 Å². The summed E-state index contributed by atoms with van der Waals surface area (Å²) in [6.45, 7) is 1.65. The molecule has 0 bridgehead atoms. The van der Waals surface area contributed by atoms with E-state index < -0.39 is 124 Å². The van der Waals surface area contributed by atoms with Gasteiger partial charge in [-0.25, -0.2) is 0 Å². The van der Waals surface area contributed by atoms with Crippen molar-refractivity contribution >= 4 is 5.91 Å². The van der Waals surface area contributed by atoms with Crippen LogP contribution < -0.4 is 5.32 Å². The van der Waals surface area contributed by atoms with Crippen molar-refractivity contribution in [3.63, 3.8) is 0 Å². The van der Waals surface area contributed by atoms with Crippen molar-refractivity contribution in [2.75, 3.05) is 26.4 Å². The zero-order valence-electron chi connectivity index (χ0n) is 47.8. The minimum absolute atomic E-state index is 0.254. The normalized spacial score (nSPS) is 30.6. The minimum Gasteiger partial charge on any atom is -0.394 e. The number of ether oxygens (including phenoxy) is 6.